The molecule has 0 bridgehead atoms. The van der Waals surface area contributed by atoms with Crippen LogP contribution in [0.5, 0.6) is 0 Å². The molecule has 0 atom stereocenters. The summed E-state index contributed by atoms with van der Waals surface area (Å²) in [5.41, 5.74) is 1.09. The Hall–Kier alpha value is -0.210. The van der Waals surface area contributed by atoms with Gasteiger partial charge in [-0.2, -0.15) is 0 Å². The Bertz CT molecular complexity index is 413. The lowest BCUT2D eigenvalue weighted by Crippen LogP contribution is -2.42. The van der Waals surface area contributed by atoms with Crippen LogP contribution in [0.25, 0.3) is 0 Å². The van der Waals surface area contributed by atoms with Crippen molar-refractivity contribution in [1.29, 1.82) is 0 Å². The zero-order chi connectivity index (χ0) is 12.5. The summed E-state index contributed by atoms with van der Waals surface area (Å²) in [6.45, 7) is 0. The van der Waals surface area contributed by atoms with Gasteiger partial charge in [-0.1, -0.05) is 40.4 Å². The molecule has 1 N–H and O–H groups in total. The highest BCUT2D eigenvalue weighted by atomic mass is 79.9. The number of hydrogen-bond acceptors (Lipinski definition) is 1. The van der Waals surface area contributed by atoms with Gasteiger partial charge in [0.2, 0.25) is 0 Å². The highest BCUT2D eigenvalue weighted by molar-refractivity contribution is 9.10. The van der Waals surface area contributed by atoms with Crippen molar-refractivity contribution in [2.45, 2.75) is 44.6 Å². The van der Waals surface area contributed by atoms with E-state index in [1.165, 1.54) is 38.5 Å². The molecule has 2 aliphatic carbocycles. The summed E-state index contributed by atoms with van der Waals surface area (Å²) < 4.78 is 1.09. The molecule has 18 heavy (non-hydrogen) atoms. The number of hydrogen-bond donors (Lipinski definition) is 1. The first-order valence-electron chi connectivity index (χ1n) is 6.95. The first-order valence-corrected chi connectivity index (χ1v) is 8.13. The Morgan fingerprint density at radius 1 is 1.11 bits per heavy atom. The standard InChI is InChI=1S/C15H19BrClN/c16-12-7-8-13(17)14(9-12)18-15(10-3-1-4-10)11-5-2-6-11/h7-11,15,18H,1-6H2. The minimum Gasteiger partial charge on any atom is -0.381 e. The van der Waals surface area contributed by atoms with Gasteiger partial charge in [0.1, 0.15) is 0 Å². The van der Waals surface area contributed by atoms with Crippen molar-refractivity contribution in [3.05, 3.63) is 27.7 Å². The molecule has 0 saturated heterocycles. The summed E-state index contributed by atoms with van der Waals surface area (Å²) in [5, 5.41) is 4.57. The highest BCUT2D eigenvalue weighted by Crippen LogP contribution is 2.42. The third kappa shape index (κ3) is 2.55. The maximum absolute atomic E-state index is 6.29. The van der Waals surface area contributed by atoms with Gasteiger partial charge in [-0.3, -0.25) is 0 Å². The number of benzene rings is 1. The van der Waals surface area contributed by atoms with Crippen LogP contribution in [0.15, 0.2) is 22.7 Å². The Morgan fingerprint density at radius 2 is 1.72 bits per heavy atom. The highest BCUT2D eigenvalue weighted by Gasteiger charge is 2.36. The summed E-state index contributed by atoms with van der Waals surface area (Å²) >= 11 is 9.81. The van der Waals surface area contributed by atoms with Crippen LogP contribution < -0.4 is 5.32 Å². The minimum absolute atomic E-state index is 0.638. The molecule has 2 fully saturated rings. The van der Waals surface area contributed by atoms with E-state index in [4.69, 9.17) is 11.6 Å². The van der Waals surface area contributed by atoms with E-state index in [1.807, 2.05) is 12.1 Å². The van der Waals surface area contributed by atoms with Crippen LogP contribution in [0, 0.1) is 11.8 Å². The third-order valence-electron chi connectivity index (χ3n) is 4.57. The van der Waals surface area contributed by atoms with Crippen LogP contribution in [-0.2, 0) is 0 Å². The number of rotatable bonds is 4. The van der Waals surface area contributed by atoms with Crippen molar-refractivity contribution in [1.82, 2.24) is 0 Å². The zero-order valence-corrected chi connectivity index (χ0v) is 12.8. The monoisotopic (exact) mass is 327 g/mol. The molecule has 0 aliphatic heterocycles. The molecule has 1 aromatic rings. The molecule has 2 aliphatic rings. The maximum Gasteiger partial charge on any atom is 0.0638 e. The quantitative estimate of drug-likeness (QED) is 0.771. The molecule has 1 aromatic carbocycles. The predicted octanol–water partition coefficient (Wildman–Crippen LogP) is 5.48. The topological polar surface area (TPSA) is 12.0 Å². The second-order valence-electron chi connectivity index (χ2n) is 5.68. The molecule has 0 heterocycles. The van der Waals surface area contributed by atoms with E-state index < -0.39 is 0 Å². The number of nitrogens with one attached hydrogen (secondary N) is 1. The van der Waals surface area contributed by atoms with Gasteiger partial charge in [0.25, 0.3) is 0 Å². The van der Waals surface area contributed by atoms with Crippen LogP contribution in [0.2, 0.25) is 5.02 Å². The molecular weight excluding hydrogens is 310 g/mol. The Balaban J connectivity index is 1.76. The summed E-state index contributed by atoms with van der Waals surface area (Å²) in [6, 6.07) is 6.70. The fourth-order valence-electron chi connectivity index (χ4n) is 3.01. The van der Waals surface area contributed by atoms with Crippen LogP contribution >= 0.6 is 27.5 Å². The largest absolute Gasteiger partial charge is 0.381 e. The average molecular weight is 329 g/mol. The molecule has 3 heteroatoms. The fraction of sp³-hybridized carbons (Fsp3) is 0.600. The first kappa shape index (κ1) is 12.8. The molecule has 3 rings (SSSR count). The van der Waals surface area contributed by atoms with Gasteiger partial charge in [0.15, 0.2) is 0 Å². The molecule has 2 saturated carbocycles. The second kappa shape index (κ2) is 5.42. The number of anilines is 1. The maximum atomic E-state index is 6.29. The molecule has 1 nitrogen and oxygen atoms in total. The molecule has 0 aromatic heterocycles. The van der Waals surface area contributed by atoms with Gasteiger partial charge in [-0.05, 0) is 55.7 Å². The molecule has 0 radical (unpaired) electrons. The molecule has 98 valence electrons. The summed E-state index contributed by atoms with van der Waals surface area (Å²) in [4.78, 5) is 0. The van der Waals surface area contributed by atoms with Crippen molar-refractivity contribution >= 4 is 33.2 Å². The minimum atomic E-state index is 0.638. The van der Waals surface area contributed by atoms with Crippen LogP contribution in [-0.4, -0.2) is 6.04 Å². The van der Waals surface area contributed by atoms with Crippen LogP contribution in [0.4, 0.5) is 5.69 Å². The van der Waals surface area contributed by atoms with Crippen molar-refractivity contribution in [3.8, 4) is 0 Å². The van der Waals surface area contributed by atoms with Crippen molar-refractivity contribution in [2.75, 3.05) is 5.32 Å². The lowest BCUT2D eigenvalue weighted by molar-refractivity contribution is 0.166. The van der Waals surface area contributed by atoms with Crippen LogP contribution in [0.3, 0.4) is 0 Å². The van der Waals surface area contributed by atoms with Gasteiger partial charge in [0, 0.05) is 10.5 Å². The predicted molar refractivity (Wildman–Crippen MR) is 81.2 cm³/mol. The summed E-state index contributed by atoms with van der Waals surface area (Å²) in [6.07, 6.45) is 8.36. The van der Waals surface area contributed by atoms with E-state index >= 15 is 0 Å². The van der Waals surface area contributed by atoms with E-state index in [0.717, 1.165) is 27.0 Å². The zero-order valence-electron chi connectivity index (χ0n) is 10.5. The smallest absolute Gasteiger partial charge is 0.0638 e. The molecular formula is C15H19BrClN. The first-order chi connectivity index (χ1) is 8.74. The Kier molecular flexibility index (Phi) is 3.86. The van der Waals surface area contributed by atoms with Gasteiger partial charge in [-0.25, -0.2) is 0 Å². The fourth-order valence-corrected chi connectivity index (χ4v) is 3.54. The van der Waals surface area contributed by atoms with Gasteiger partial charge in [-0.15, -0.1) is 0 Å². The SMILES string of the molecule is Clc1ccc(Br)cc1NC(C1CCC1)C1CCC1. The van der Waals surface area contributed by atoms with Crippen molar-refractivity contribution in [2.24, 2.45) is 11.8 Å². The summed E-state index contributed by atoms with van der Waals surface area (Å²) in [7, 11) is 0. The Labute approximate surface area is 122 Å². The average Bonchev–Trinajstić information content (AvgIpc) is 2.18. The van der Waals surface area contributed by atoms with Crippen molar-refractivity contribution < 1.29 is 0 Å². The lowest BCUT2D eigenvalue weighted by atomic mass is 9.68. The van der Waals surface area contributed by atoms with Gasteiger partial charge >= 0.3 is 0 Å². The van der Waals surface area contributed by atoms with E-state index in [0.29, 0.717) is 6.04 Å². The molecule has 0 unspecified atom stereocenters. The molecule has 0 amide bonds. The van der Waals surface area contributed by atoms with Crippen LogP contribution in [0.1, 0.15) is 38.5 Å². The summed E-state index contributed by atoms with van der Waals surface area (Å²) in [5.74, 6) is 1.73. The van der Waals surface area contributed by atoms with Crippen molar-refractivity contribution in [3.63, 3.8) is 0 Å². The number of halogens is 2. The normalized spacial score (nSPS) is 20.6. The van der Waals surface area contributed by atoms with Gasteiger partial charge < -0.3 is 5.32 Å². The van der Waals surface area contributed by atoms with E-state index in [2.05, 4.69) is 27.3 Å². The van der Waals surface area contributed by atoms with E-state index in [-0.39, 0.29) is 0 Å². The van der Waals surface area contributed by atoms with E-state index in [9.17, 15) is 0 Å². The Morgan fingerprint density at radius 3 is 2.22 bits per heavy atom. The molecule has 0 spiro atoms. The lowest BCUT2D eigenvalue weighted by Gasteiger charge is -2.43. The third-order valence-corrected chi connectivity index (χ3v) is 5.39. The second-order valence-corrected chi connectivity index (χ2v) is 7.00. The van der Waals surface area contributed by atoms with Gasteiger partial charge in [0.05, 0.1) is 10.7 Å². The van der Waals surface area contributed by atoms with E-state index in [1.54, 1.807) is 0 Å².